The van der Waals surface area contributed by atoms with E-state index < -0.39 is 34.4 Å². The maximum atomic E-state index is 13.6. The SMILES string of the molecule is CCN(CC)C(=O)[C@]12C(=O)Oc3ccccc3[C@@H]1[C@]2(C)C(=O)c1ccc(F)cc1. The van der Waals surface area contributed by atoms with Gasteiger partial charge in [0.2, 0.25) is 5.91 Å². The average molecular weight is 395 g/mol. The van der Waals surface area contributed by atoms with E-state index in [2.05, 4.69) is 0 Å². The highest BCUT2D eigenvalue weighted by Gasteiger charge is 2.88. The van der Waals surface area contributed by atoms with Crippen LogP contribution in [0.15, 0.2) is 48.5 Å². The molecule has 0 aromatic heterocycles. The Morgan fingerprint density at radius 3 is 2.31 bits per heavy atom. The molecule has 1 heterocycles. The minimum absolute atomic E-state index is 0.264. The van der Waals surface area contributed by atoms with E-state index in [0.29, 0.717) is 24.4 Å². The number of benzene rings is 2. The predicted molar refractivity (Wildman–Crippen MR) is 104 cm³/mol. The first kappa shape index (κ1) is 19.3. The number of nitrogens with zero attached hydrogens (tertiary/aromatic N) is 1. The van der Waals surface area contributed by atoms with Crippen LogP contribution in [0.2, 0.25) is 0 Å². The zero-order chi connectivity index (χ0) is 21.0. The molecule has 3 atom stereocenters. The van der Waals surface area contributed by atoms with Crippen molar-refractivity contribution in [2.24, 2.45) is 10.8 Å². The maximum Gasteiger partial charge on any atom is 0.328 e. The minimum Gasteiger partial charge on any atom is -0.425 e. The molecule has 1 fully saturated rings. The molecule has 1 aliphatic heterocycles. The maximum absolute atomic E-state index is 13.6. The highest BCUT2D eigenvalue weighted by Crippen LogP contribution is 2.78. The van der Waals surface area contributed by atoms with Crippen LogP contribution in [0.3, 0.4) is 0 Å². The summed E-state index contributed by atoms with van der Waals surface area (Å²) in [4.78, 5) is 41.9. The number of hydrogen-bond donors (Lipinski definition) is 0. The first-order chi connectivity index (χ1) is 13.8. The summed E-state index contributed by atoms with van der Waals surface area (Å²) >= 11 is 0. The van der Waals surface area contributed by atoms with Crippen LogP contribution >= 0.6 is 0 Å². The second-order valence-electron chi connectivity index (χ2n) is 7.68. The molecule has 2 aliphatic rings. The van der Waals surface area contributed by atoms with Gasteiger partial charge in [0.1, 0.15) is 11.6 Å². The number of carbonyl (C=O) groups excluding carboxylic acids is 3. The quantitative estimate of drug-likeness (QED) is 0.336. The lowest BCUT2D eigenvalue weighted by Gasteiger charge is -2.28. The zero-order valence-electron chi connectivity index (χ0n) is 16.6. The third-order valence-electron chi connectivity index (χ3n) is 6.47. The fourth-order valence-electron chi connectivity index (χ4n) is 4.89. The number of amides is 1. The van der Waals surface area contributed by atoms with Crippen LogP contribution in [0.4, 0.5) is 4.39 Å². The molecule has 2 aromatic carbocycles. The summed E-state index contributed by atoms with van der Waals surface area (Å²) < 4.78 is 18.9. The van der Waals surface area contributed by atoms with Crippen molar-refractivity contribution < 1.29 is 23.5 Å². The van der Waals surface area contributed by atoms with Gasteiger partial charge in [-0.05, 0) is 51.1 Å². The zero-order valence-corrected chi connectivity index (χ0v) is 16.6. The molecule has 4 rings (SSSR count). The van der Waals surface area contributed by atoms with E-state index in [-0.39, 0.29) is 11.3 Å². The number of fused-ring (bicyclic) bond motifs is 3. The van der Waals surface area contributed by atoms with Crippen molar-refractivity contribution >= 4 is 17.7 Å². The number of para-hydroxylation sites is 1. The number of carbonyl (C=O) groups is 3. The van der Waals surface area contributed by atoms with Crippen molar-refractivity contribution in [2.75, 3.05) is 13.1 Å². The average Bonchev–Trinajstić information content (AvgIpc) is 3.32. The van der Waals surface area contributed by atoms with Crippen molar-refractivity contribution in [1.29, 1.82) is 0 Å². The van der Waals surface area contributed by atoms with E-state index in [9.17, 15) is 18.8 Å². The number of hydrogen-bond acceptors (Lipinski definition) is 4. The molecule has 150 valence electrons. The van der Waals surface area contributed by atoms with Gasteiger partial charge in [0.05, 0.1) is 5.41 Å². The van der Waals surface area contributed by atoms with Crippen molar-refractivity contribution in [3.05, 3.63) is 65.5 Å². The summed E-state index contributed by atoms with van der Waals surface area (Å²) in [6.45, 7) is 6.14. The summed E-state index contributed by atoms with van der Waals surface area (Å²) in [5.41, 5.74) is -1.99. The van der Waals surface area contributed by atoms with E-state index in [1.165, 1.54) is 24.3 Å². The third-order valence-corrected chi connectivity index (χ3v) is 6.47. The Labute approximate surface area is 168 Å². The Morgan fingerprint density at radius 1 is 1.07 bits per heavy atom. The van der Waals surface area contributed by atoms with Crippen LogP contribution in [0.1, 0.15) is 42.6 Å². The van der Waals surface area contributed by atoms with Crippen LogP contribution in [-0.2, 0) is 9.59 Å². The Balaban J connectivity index is 1.90. The lowest BCUT2D eigenvalue weighted by molar-refractivity contribution is -0.154. The minimum atomic E-state index is -1.61. The number of esters is 1. The number of Topliss-reactive ketones (excluding diaryl/α,β-unsaturated/α-hetero) is 1. The fourth-order valence-corrected chi connectivity index (χ4v) is 4.89. The van der Waals surface area contributed by atoms with Crippen LogP contribution in [-0.4, -0.2) is 35.6 Å². The van der Waals surface area contributed by atoms with E-state index in [1.807, 2.05) is 13.8 Å². The standard InChI is InChI=1S/C23H22FNO4/c1-4-25(5-2)20(27)23-18(16-8-6-7-9-17(16)29-21(23)28)22(23,3)19(26)14-10-12-15(24)13-11-14/h6-13,18H,4-5H2,1-3H3/t18-,22-,23+/m1/s1. The topological polar surface area (TPSA) is 63.7 Å². The summed E-state index contributed by atoms with van der Waals surface area (Å²) in [7, 11) is 0. The number of halogens is 1. The van der Waals surface area contributed by atoms with Crippen LogP contribution in [0.5, 0.6) is 5.75 Å². The van der Waals surface area contributed by atoms with Crippen LogP contribution in [0.25, 0.3) is 0 Å². The van der Waals surface area contributed by atoms with Gasteiger partial charge < -0.3 is 9.64 Å². The first-order valence-corrected chi connectivity index (χ1v) is 9.74. The highest BCUT2D eigenvalue weighted by molar-refractivity contribution is 6.21. The summed E-state index contributed by atoms with van der Waals surface area (Å²) in [5, 5.41) is 0. The van der Waals surface area contributed by atoms with Gasteiger partial charge in [-0.3, -0.25) is 14.4 Å². The molecule has 0 saturated heterocycles. The van der Waals surface area contributed by atoms with Gasteiger partial charge in [0, 0.05) is 30.1 Å². The molecule has 29 heavy (non-hydrogen) atoms. The molecular formula is C23H22FNO4. The Kier molecular flexibility index (Phi) is 4.33. The number of ketones is 1. The predicted octanol–water partition coefficient (Wildman–Crippen LogP) is 3.59. The Morgan fingerprint density at radius 2 is 1.69 bits per heavy atom. The van der Waals surface area contributed by atoms with Crippen LogP contribution < -0.4 is 4.74 Å². The van der Waals surface area contributed by atoms with Crippen molar-refractivity contribution in [3.8, 4) is 5.75 Å². The summed E-state index contributed by atoms with van der Waals surface area (Å²) in [6, 6.07) is 12.2. The lowest BCUT2D eigenvalue weighted by atomic mass is 9.86. The molecule has 0 N–H and O–H groups in total. The fraction of sp³-hybridized carbons (Fsp3) is 0.348. The second kappa shape index (κ2) is 6.51. The van der Waals surface area contributed by atoms with Gasteiger partial charge in [0.25, 0.3) is 0 Å². The van der Waals surface area contributed by atoms with Gasteiger partial charge in [-0.25, -0.2) is 4.39 Å². The third kappa shape index (κ3) is 2.35. The molecule has 6 heteroatoms. The summed E-state index contributed by atoms with van der Waals surface area (Å²) in [5.74, 6) is -2.17. The molecule has 2 aromatic rings. The first-order valence-electron chi connectivity index (χ1n) is 9.74. The summed E-state index contributed by atoms with van der Waals surface area (Å²) in [6.07, 6.45) is 0. The lowest BCUT2D eigenvalue weighted by Crippen LogP contribution is -2.47. The van der Waals surface area contributed by atoms with Gasteiger partial charge in [-0.1, -0.05) is 18.2 Å². The molecule has 5 nitrogen and oxygen atoms in total. The molecule has 1 aliphatic carbocycles. The molecule has 0 bridgehead atoms. The van der Waals surface area contributed by atoms with Gasteiger partial charge in [-0.2, -0.15) is 0 Å². The van der Waals surface area contributed by atoms with E-state index in [1.54, 1.807) is 36.1 Å². The molecule has 1 amide bonds. The van der Waals surface area contributed by atoms with E-state index in [4.69, 9.17) is 4.74 Å². The van der Waals surface area contributed by atoms with Crippen molar-refractivity contribution in [3.63, 3.8) is 0 Å². The molecular weight excluding hydrogens is 373 g/mol. The Bertz CT molecular complexity index is 1010. The largest absolute Gasteiger partial charge is 0.425 e. The van der Waals surface area contributed by atoms with Gasteiger partial charge >= 0.3 is 5.97 Å². The molecule has 0 radical (unpaired) electrons. The number of rotatable bonds is 5. The van der Waals surface area contributed by atoms with Gasteiger partial charge in [-0.15, -0.1) is 0 Å². The van der Waals surface area contributed by atoms with Gasteiger partial charge in [0.15, 0.2) is 11.2 Å². The molecule has 1 saturated carbocycles. The van der Waals surface area contributed by atoms with Crippen LogP contribution in [0, 0.1) is 16.6 Å². The highest BCUT2D eigenvalue weighted by atomic mass is 19.1. The van der Waals surface area contributed by atoms with E-state index in [0.717, 1.165) is 0 Å². The van der Waals surface area contributed by atoms with Crippen molar-refractivity contribution in [1.82, 2.24) is 4.90 Å². The van der Waals surface area contributed by atoms with Crippen molar-refractivity contribution in [2.45, 2.75) is 26.7 Å². The Hall–Kier alpha value is -3.02. The normalized spacial score (nSPS) is 26.8. The molecule has 0 unspecified atom stereocenters. The monoisotopic (exact) mass is 395 g/mol. The van der Waals surface area contributed by atoms with E-state index >= 15 is 0 Å². The second-order valence-corrected chi connectivity index (χ2v) is 7.68. The number of ether oxygens (including phenoxy) is 1. The smallest absolute Gasteiger partial charge is 0.328 e. The molecule has 0 spiro atoms.